The zero-order chi connectivity index (χ0) is 12.1. The molecule has 0 saturated carbocycles. The first-order chi connectivity index (χ1) is 7.49. The first kappa shape index (κ1) is 12.2. The molecular weight excluding hydrogens is 210 g/mol. The standard InChI is InChI=1S/C11H13NO4/c1-7(13)16-9-4-2-8(3-5-9)6-10(12)11(14)15/h2-5,10H,6,12H2,1H3,(H,14,15). The molecule has 0 spiro atoms. The molecule has 1 rings (SSSR count). The monoisotopic (exact) mass is 223 g/mol. The molecule has 86 valence electrons. The zero-order valence-electron chi connectivity index (χ0n) is 8.84. The number of rotatable bonds is 4. The smallest absolute Gasteiger partial charge is 0.320 e. The van der Waals surface area contributed by atoms with Gasteiger partial charge in [-0.3, -0.25) is 9.59 Å². The van der Waals surface area contributed by atoms with E-state index in [4.69, 9.17) is 15.6 Å². The fourth-order valence-corrected chi connectivity index (χ4v) is 1.20. The number of esters is 1. The third kappa shape index (κ3) is 3.70. The fraction of sp³-hybridized carbons (Fsp3) is 0.273. The van der Waals surface area contributed by atoms with Gasteiger partial charge in [-0.15, -0.1) is 0 Å². The maximum Gasteiger partial charge on any atom is 0.320 e. The molecule has 0 amide bonds. The molecule has 0 aliphatic heterocycles. The highest BCUT2D eigenvalue weighted by Crippen LogP contribution is 2.13. The van der Waals surface area contributed by atoms with Crippen molar-refractivity contribution in [3.63, 3.8) is 0 Å². The molecule has 0 aliphatic carbocycles. The molecule has 0 radical (unpaired) electrons. The van der Waals surface area contributed by atoms with Crippen molar-refractivity contribution in [1.82, 2.24) is 0 Å². The van der Waals surface area contributed by atoms with E-state index in [0.29, 0.717) is 5.75 Å². The second-order valence-corrected chi connectivity index (χ2v) is 3.39. The van der Waals surface area contributed by atoms with E-state index in [9.17, 15) is 9.59 Å². The van der Waals surface area contributed by atoms with E-state index >= 15 is 0 Å². The van der Waals surface area contributed by atoms with Gasteiger partial charge in [0.1, 0.15) is 11.8 Å². The average Bonchev–Trinajstić information content (AvgIpc) is 2.20. The van der Waals surface area contributed by atoms with Crippen LogP contribution in [-0.2, 0) is 16.0 Å². The Balaban J connectivity index is 2.64. The molecule has 0 aliphatic rings. The van der Waals surface area contributed by atoms with Gasteiger partial charge in [0.05, 0.1) is 0 Å². The van der Waals surface area contributed by atoms with E-state index in [1.165, 1.54) is 6.92 Å². The average molecular weight is 223 g/mol. The molecular formula is C11H13NO4. The molecule has 0 saturated heterocycles. The first-order valence-electron chi connectivity index (χ1n) is 4.75. The molecule has 0 fully saturated rings. The van der Waals surface area contributed by atoms with Gasteiger partial charge in [-0.25, -0.2) is 0 Å². The molecule has 0 aromatic heterocycles. The highest BCUT2D eigenvalue weighted by molar-refractivity contribution is 5.73. The summed E-state index contributed by atoms with van der Waals surface area (Å²) in [6.45, 7) is 1.31. The lowest BCUT2D eigenvalue weighted by atomic mass is 10.1. The van der Waals surface area contributed by atoms with Crippen molar-refractivity contribution in [2.45, 2.75) is 19.4 Å². The van der Waals surface area contributed by atoms with Crippen LogP contribution in [0.1, 0.15) is 12.5 Å². The molecule has 0 bridgehead atoms. The van der Waals surface area contributed by atoms with Crippen molar-refractivity contribution >= 4 is 11.9 Å². The van der Waals surface area contributed by atoms with E-state index in [2.05, 4.69) is 0 Å². The maximum absolute atomic E-state index is 10.6. The van der Waals surface area contributed by atoms with Crippen molar-refractivity contribution < 1.29 is 19.4 Å². The third-order valence-corrected chi connectivity index (χ3v) is 1.96. The quantitative estimate of drug-likeness (QED) is 0.575. The normalized spacial score (nSPS) is 11.9. The zero-order valence-corrected chi connectivity index (χ0v) is 8.84. The lowest BCUT2D eigenvalue weighted by Crippen LogP contribution is -2.32. The third-order valence-electron chi connectivity index (χ3n) is 1.96. The number of hydrogen-bond donors (Lipinski definition) is 2. The van der Waals surface area contributed by atoms with Crippen LogP contribution in [0.2, 0.25) is 0 Å². The summed E-state index contributed by atoms with van der Waals surface area (Å²) < 4.78 is 4.84. The molecule has 16 heavy (non-hydrogen) atoms. The summed E-state index contributed by atoms with van der Waals surface area (Å²) in [5.74, 6) is -1.00. The minimum atomic E-state index is -1.04. The topological polar surface area (TPSA) is 89.6 Å². The number of benzene rings is 1. The predicted octanol–water partition coefficient (Wildman–Crippen LogP) is 0.566. The summed E-state index contributed by atoms with van der Waals surface area (Å²) in [6.07, 6.45) is 0.246. The Labute approximate surface area is 92.8 Å². The van der Waals surface area contributed by atoms with Gasteiger partial charge in [0.15, 0.2) is 0 Å². The molecule has 3 N–H and O–H groups in total. The molecule has 1 aromatic rings. The van der Waals surface area contributed by atoms with Crippen LogP contribution in [0.3, 0.4) is 0 Å². The summed E-state index contributed by atoms with van der Waals surface area (Å²) in [6, 6.07) is 5.65. The summed E-state index contributed by atoms with van der Waals surface area (Å²) >= 11 is 0. The Hall–Kier alpha value is -1.88. The van der Waals surface area contributed by atoms with E-state index in [-0.39, 0.29) is 6.42 Å². The van der Waals surface area contributed by atoms with Gasteiger partial charge in [-0.2, -0.15) is 0 Å². The van der Waals surface area contributed by atoms with Crippen LogP contribution in [0.15, 0.2) is 24.3 Å². The summed E-state index contributed by atoms with van der Waals surface area (Å²) in [7, 11) is 0. The van der Waals surface area contributed by atoms with Gasteiger partial charge in [0.2, 0.25) is 0 Å². The van der Waals surface area contributed by atoms with Gasteiger partial charge < -0.3 is 15.6 Å². The molecule has 5 nitrogen and oxygen atoms in total. The van der Waals surface area contributed by atoms with Gasteiger partial charge in [0.25, 0.3) is 0 Å². The number of aliphatic carboxylic acids is 1. The number of hydrogen-bond acceptors (Lipinski definition) is 4. The minimum Gasteiger partial charge on any atom is -0.480 e. The SMILES string of the molecule is CC(=O)Oc1ccc(CC(N)C(=O)O)cc1. The van der Waals surface area contributed by atoms with Crippen LogP contribution in [0.4, 0.5) is 0 Å². The van der Waals surface area contributed by atoms with Crippen molar-refractivity contribution in [2.75, 3.05) is 0 Å². The Kier molecular flexibility index (Phi) is 4.02. The lowest BCUT2D eigenvalue weighted by molar-refractivity contribution is -0.138. The number of carbonyl (C=O) groups is 2. The maximum atomic E-state index is 10.6. The van der Waals surface area contributed by atoms with Gasteiger partial charge >= 0.3 is 11.9 Å². The van der Waals surface area contributed by atoms with Crippen LogP contribution < -0.4 is 10.5 Å². The van der Waals surface area contributed by atoms with Crippen molar-refractivity contribution in [3.8, 4) is 5.75 Å². The van der Waals surface area contributed by atoms with E-state index in [1.807, 2.05) is 0 Å². The van der Waals surface area contributed by atoms with Gasteiger partial charge in [0, 0.05) is 6.92 Å². The number of carbonyl (C=O) groups excluding carboxylic acids is 1. The van der Waals surface area contributed by atoms with Crippen LogP contribution in [0.5, 0.6) is 5.75 Å². The fourth-order valence-electron chi connectivity index (χ4n) is 1.20. The molecule has 0 heterocycles. The van der Waals surface area contributed by atoms with Crippen LogP contribution in [0.25, 0.3) is 0 Å². The van der Waals surface area contributed by atoms with E-state index in [0.717, 1.165) is 5.56 Å². The number of carboxylic acid groups (broad SMARTS) is 1. The van der Waals surface area contributed by atoms with Crippen LogP contribution in [0, 0.1) is 0 Å². The van der Waals surface area contributed by atoms with Crippen molar-refractivity contribution in [3.05, 3.63) is 29.8 Å². The first-order valence-corrected chi connectivity index (χ1v) is 4.75. The van der Waals surface area contributed by atoms with Crippen molar-refractivity contribution in [2.24, 2.45) is 5.73 Å². The summed E-state index contributed by atoms with van der Waals surface area (Å²) in [5.41, 5.74) is 6.17. The molecule has 5 heteroatoms. The lowest BCUT2D eigenvalue weighted by Gasteiger charge is -2.07. The van der Waals surface area contributed by atoms with Crippen molar-refractivity contribution in [1.29, 1.82) is 0 Å². The largest absolute Gasteiger partial charge is 0.480 e. The molecule has 1 atom stereocenters. The summed E-state index contributed by atoms with van der Waals surface area (Å²) in [5, 5.41) is 8.62. The number of ether oxygens (including phenoxy) is 1. The van der Waals surface area contributed by atoms with Gasteiger partial charge in [-0.05, 0) is 24.1 Å². The van der Waals surface area contributed by atoms with E-state index < -0.39 is 18.0 Å². The Bertz CT molecular complexity index is 385. The second-order valence-electron chi connectivity index (χ2n) is 3.39. The Morgan fingerprint density at radius 2 is 1.94 bits per heavy atom. The van der Waals surface area contributed by atoms with Crippen LogP contribution >= 0.6 is 0 Å². The highest BCUT2D eigenvalue weighted by Gasteiger charge is 2.11. The minimum absolute atomic E-state index is 0.246. The predicted molar refractivity (Wildman–Crippen MR) is 57.1 cm³/mol. The Morgan fingerprint density at radius 3 is 2.38 bits per heavy atom. The van der Waals surface area contributed by atoms with Crippen LogP contribution in [-0.4, -0.2) is 23.1 Å². The molecule has 1 aromatic carbocycles. The Morgan fingerprint density at radius 1 is 1.38 bits per heavy atom. The summed E-state index contributed by atoms with van der Waals surface area (Å²) in [4.78, 5) is 21.2. The molecule has 1 unspecified atom stereocenters. The van der Waals surface area contributed by atoms with E-state index in [1.54, 1.807) is 24.3 Å². The van der Waals surface area contributed by atoms with Gasteiger partial charge in [-0.1, -0.05) is 12.1 Å². The second kappa shape index (κ2) is 5.27. The number of nitrogens with two attached hydrogens (primary N) is 1. The number of carboxylic acids is 1. The highest BCUT2D eigenvalue weighted by atomic mass is 16.5.